The van der Waals surface area contributed by atoms with Crippen molar-refractivity contribution in [2.45, 2.75) is 19.8 Å². The van der Waals surface area contributed by atoms with E-state index in [0.29, 0.717) is 12.1 Å². The molecule has 1 aromatic carbocycles. The number of anilines is 1. The Morgan fingerprint density at radius 3 is 2.69 bits per heavy atom. The summed E-state index contributed by atoms with van der Waals surface area (Å²) >= 11 is 3.36. The van der Waals surface area contributed by atoms with E-state index in [2.05, 4.69) is 26.6 Å². The molecule has 8 nitrogen and oxygen atoms in total. The van der Waals surface area contributed by atoms with Gasteiger partial charge in [0.05, 0.1) is 13.1 Å². The summed E-state index contributed by atoms with van der Waals surface area (Å²) in [5.41, 5.74) is 1.60. The minimum Gasteiger partial charge on any atom is -0.336 e. The van der Waals surface area contributed by atoms with Gasteiger partial charge in [-0.25, -0.2) is 4.79 Å². The maximum atomic E-state index is 12.1. The maximum absolute atomic E-state index is 12.1. The first-order valence-electron chi connectivity index (χ1n) is 8.16. The molecule has 1 fully saturated rings. The summed E-state index contributed by atoms with van der Waals surface area (Å²) in [5.74, 6) is -0.805. The van der Waals surface area contributed by atoms with E-state index >= 15 is 0 Å². The Balaban J connectivity index is 1.76. The van der Waals surface area contributed by atoms with Crippen molar-refractivity contribution in [3.05, 3.63) is 28.2 Å². The first-order chi connectivity index (χ1) is 12.3. The van der Waals surface area contributed by atoms with E-state index in [9.17, 15) is 19.2 Å². The number of imide groups is 1. The van der Waals surface area contributed by atoms with Gasteiger partial charge in [0.25, 0.3) is 0 Å². The van der Waals surface area contributed by atoms with Crippen LogP contribution in [-0.2, 0) is 14.4 Å². The molecule has 0 aromatic heterocycles. The van der Waals surface area contributed by atoms with Crippen molar-refractivity contribution in [2.75, 3.05) is 32.0 Å². The Kier molecular flexibility index (Phi) is 6.73. The van der Waals surface area contributed by atoms with Crippen LogP contribution in [-0.4, -0.2) is 60.2 Å². The highest BCUT2D eigenvalue weighted by Gasteiger charge is 2.27. The van der Waals surface area contributed by atoms with Crippen molar-refractivity contribution < 1.29 is 19.2 Å². The minimum atomic E-state index is -0.431. The van der Waals surface area contributed by atoms with Crippen molar-refractivity contribution in [3.63, 3.8) is 0 Å². The van der Waals surface area contributed by atoms with Crippen molar-refractivity contribution in [3.8, 4) is 0 Å². The van der Waals surface area contributed by atoms with Crippen LogP contribution in [0.5, 0.6) is 0 Å². The summed E-state index contributed by atoms with van der Waals surface area (Å²) in [6, 6.07) is 5.07. The number of urea groups is 1. The molecule has 2 N–H and O–H groups in total. The Hall–Kier alpha value is -2.42. The molecule has 2 rings (SSSR count). The molecule has 1 saturated heterocycles. The van der Waals surface area contributed by atoms with E-state index < -0.39 is 6.03 Å². The predicted molar refractivity (Wildman–Crippen MR) is 99.5 cm³/mol. The predicted octanol–water partition coefficient (Wildman–Crippen LogP) is 1.49. The van der Waals surface area contributed by atoms with Gasteiger partial charge in [-0.2, -0.15) is 0 Å². The molecule has 0 saturated carbocycles. The van der Waals surface area contributed by atoms with E-state index in [1.54, 1.807) is 13.1 Å². The highest BCUT2D eigenvalue weighted by molar-refractivity contribution is 9.10. The van der Waals surface area contributed by atoms with Crippen LogP contribution in [0, 0.1) is 6.92 Å². The van der Waals surface area contributed by atoms with Gasteiger partial charge >= 0.3 is 6.03 Å². The van der Waals surface area contributed by atoms with Crippen LogP contribution in [0.25, 0.3) is 0 Å². The SMILES string of the molecule is Cc1cc(Br)ccc1NC(=O)CN(C)C(=O)CCCN1C(=O)CNC1=O. The summed E-state index contributed by atoms with van der Waals surface area (Å²) in [4.78, 5) is 49.5. The molecule has 1 aliphatic rings. The van der Waals surface area contributed by atoms with E-state index in [0.717, 1.165) is 14.9 Å². The van der Waals surface area contributed by atoms with Gasteiger partial charge in [-0.1, -0.05) is 15.9 Å². The molecular weight excluding hydrogens is 404 g/mol. The van der Waals surface area contributed by atoms with Gasteiger partial charge in [-0.15, -0.1) is 0 Å². The molecule has 0 bridgehead atoms. The van der Waals surface area contributed by atoms with Crippen molar-refractivity contribution in [1.82, 2.24) is 15.1 Å². The quantitative estimate of drug-likeness (QED) is 0.647. The fraction of sp³-hybridized carbons (Fsp3) is 0.412. The Labute approximate surface area is 160 Å². The fourth-order valence-corrected chi connectivity index (χ4v) is 3.00. The second-order valence-electron chi connectivity index (χ2n) is 6.06. The zero-order chi connectivity index (χ0) is 19.3. The molecule has 0 aliphatic carbocycles. The number of nitrogens with one attached hydrogen (secondary N) is 2. The third-order valence-electron chi connectivity index (χ3n) is 3.98. The summed E-state index contributed by atoms with van der Waals surface area (Å²) in [6.45, 7) is 2.00. The molecule has 0 atom stereocenters. The number of benzene rings is 1. The molecule has 140 valence electrons. The number of likely N-dealkylation sites (N-methyl/N-ethyl adjacent to an activating group) is 1. The summed E-state index contributed by atoms with van der Waals surface area (Å²) in [7, 11) is 1.55. The average Bonchev–Trinajstić information content (AvgIpc) is 2.89. The second kappa shape index (κ2) is 8.79. The van der Waals surface area contributed by atoms with Gasteiger partial charge in [0, 0.05) is 30.2 Å². The summed E-state index contributed by atoms with van der Waals surface area (Å²) in [5, 5.41) is 5.20. The smallest absolute Gasteiger partial charge is 0.324 e. The van der Waals surface area contributed by atoms with Crippen molar-refractivity contribution in [1.29, 1.82) is 0 Å². The maximum Gasteiger partial charge on any atom is 0.324 e. The molecule has 1 aromatic rings. The molecule has 0 spiro atoms. The van der Waals surface area contributed by atoms with E-state index in [1.165, 1.54) is 4.90 Å². The molecule has 5 amide bonds. The lowest BCUT2D eigenvalue weighted by Crippen LogP contribution is -2.36. The topological polar surface area (TPSA) is 98.8 Å². The third kappa shape index (κ3) is 5.29. The number of halogens is 1. The van der Waals surface area contributed by atoms with Crippen LogP contribution >= 0.6 is 15.9 Å². The van der Waals surface area contributed by atoms with Crippen LogP contribution in [0.1, 0.15) is 18.4 Å². The Morgan fingerprint density at radius 2 is 2.08 bits per heavy atom. The first kappa shape index (κ1) is 19.9. The molecule has 1 aliphatic heterocycles. The van der Waals surface area contributed by atoms with Crippen molar-refractivity contribution in [2.24, 2.45) is 0 Å². The van der Waals surface area contributed by atoms with Crippen LogP contribution in [0.3, 0.4) is 0 Å². The summed E-state index contributed by atoms with van der Waals surface area (Å²) < 4.78 is 0.922. The lowest BCUT2D eigenvalue weighted by atomic mass is 10.2. The largest absolute Gasteiger partial charge is 0.336 e. The Morgan fingerprint density at radius 1 is 1.35 bits per heavy atom. The first-order valence-corrected chi connectivity index (χ1v) is 8.95. The number of amides is 5. The van der Waals surface area contributed by atoms with Gasteiger partial charge < -0.3 is 15.5 Å². The number of aryl methyl sites for hydroxylation is 1. The third-order valence-corrected chi connectivity index (χ3v) is 4.47. The number of carbonyl (C=O) groups is 4. The second-order valence-corrected chi connectivity index (χ2v) is 6.98. The number of hydrogen-bond donors (Lipinski definition) is 2. The van der Waals surface area contributed by atoms with Crippen LogP contribution in [0.4, 0.5) is 10.5 Å². The molecule has 9 heteroatoms. The lowest BCUT2D eigenvalue weighted by molar-refractivity contribution is -0.133. The molecule has 0 radical (unpaired) electrons. The van der Waals surface area contributed by atoms with E-state index in [1.807, 2.05) is 19.1 Å². The lowest BCUT2D eigenvalue weighted by Gasteiger charge is -2.18. The number of nitrogens with zero attached hydrogens (tertiary/aromatic N) is 2. The molecule has 26 heavy (non-hydrogen) atoms. The number of hydrogen-bond acceptors (Lipinski definition) is 4. The van der Waals surface area contributed by atoms with E-state index in [4.69, 9.17) is 0 Å². The van der Waals surface area contributed by atoms with Gasteiger partial charge in [-0.05, 0) is 37.1 Å². The van der Waals surface area contributed by atoms with Crippen molar-refractivity contribution >= 4 is 45.4 Å². The Bertz CT molecular complexity index is 721. The van der Waals surface area contributed by atoms with E-state index in [-0.39, 0.29) is 43.8 Å². The number of rotatable bonds is 7. The molecule has 1 heterocycles. The van der Waals surface area contributed by atoms with Crippen LogP contribution in [0.15, 0.2) is 22.7 Å². The zero-order valence-electron chi connectivity index (χ0n) is 14.7. The fourth-order valence-electron chi connectivity index (χ4n) is 2.52. The van der Waals surface area contributed by atoms with Crippen LogP contribution in [0.2, 0.25) is 0 Å². The zero-order valence-corrected chi connectivity index (χ0v) is 16.3. The number of carbonyl (C=O) groups excluding carboxylic acids is 4. The summed E-state index contributed by atoms with van der Waals surface area (Å²) in [6.07, 6.45) is 0.508. The average molecular weight is 425 g/mol. The monoisotopic (exact) mass is 424 g/mol. The van der Waals surface area contributed by atoms with Crippen LogP contribution < -0.4 is 10.6 Å². The van der Waals surface area contributed by atoms with Gasteiger partial charge in [-0.3, -0.25) is 19.3 Å². The van der Waals surface area contributed by atoms with Gasteiger partial charge in [0.2, 0.25) is 17.7 Å². The minimum absolute atomic E-state index is 0.00231. The molecular formula is C17H21BrN4O4. The van der Waals surface area contributed by atoms with Gasteiger partial charge in [0.1, 0.15) is 0 Å². The standard InChI is InChI=1S/C17H21BrN4O4/c1-11-8-12(18)5-6-13(11)20-14(23)10-21(2)15(24)4-3-7-22-16(25)9-19-17(22)26/h5-6,8H,3-4,7,9-10H2,1-2H3,(H,19,26)(H,20,23). The highest BCUT2D eigenvalue weighted by atomic mass is 79.9. The van der Waals surface area contributed by atoms with Gasteiger partial charge in [0.15, 0.2) is 0 Å². The normalized spacial score (nSPS) is 13.6. The molecule has 0 unspecified atom stereocenters. The highest BCUT2D eigenvalue weighted by Crippen LogP contribution is 2.19.